The number of hydrogen-bond acceptors (Lipinski definition) is 4. The van der Waals surface area contributed by atoms with Crippen LogP contribution in [0.15, 0.2) is 36.7 Å². The van der Waals surface area contributed by atoms with Crippen LogP contribution in [0.25, 0.3) is 0 Å². The summed E-state index contributed by atoms with van der Waals surface area (Å²) in [5.41, 5.74) is 2.00. The highest BCUT2D eigenvalue weighted by atomic mass is 16.5. The number of aromatic amines is 1. The van der Waals surface area contributed by atoms with Crippen LogP contribution >= 0.6 is 0 Å². The van der Waals surface area contributed by atoms with Gasteiger partial charge in [0.25, 0.3) is 5.91 Å². The van der Waals surface area contributed by atoms with Crippen molar-refractivity contribution >= 4 is 17.7 Å². The van der Waals surface area contributed by atoms with E-state index in [1.54, 1.807) is 30.5 Å². The number of ether oxygens (including phenoxy) is 1. The summed E-state index contributed by atoms with van der Waals surface area (Å²) in [6.45, 7) is 0.344. The standard InChI is InChI=1S/C13H14N4O3/c1-20-13(19)14-6-9-2-4-10(5-3-9)12(18)17-11-7-15-16-8-11/h2-5,7-8H,6H2,1H3,(H,14,19)(H,15,16)(H,17,18). The number of rotatable bonds is 4. The lowest BCUT2D eigenvalue weighted by Gasteiger charge is -2.05. The second-order valence-corrected chi connectivity index (χ2v) is 3.98. The van der Waals surface area contributed by atoms with Crippen molar-refractivity contribution in [2.45, 2.75) is 6.54 Å². The molecule has 0 atom stereocenters. The molecule has 7 nitrogen and oxygen atoms in total. The van der Waals surface area contributed by atoms with Crippen molar-refractivity contribution in [2.24, 2.45) is 0 Å². The Labute approximate surface area is 115 Å². The van der Waals surface area contributed by atoms with Crippen molar-refractivity contribution in [2.75, 3.05) is 12.4 Å². The molecule has 0 saturated heterocycles. The van der Waals surface area contributed by atoms with Gasteiger partial charge in [-0.2, -0.15) is 5.10 Å². The number of H-pyrrole nitrogens is 1. The summed E-state index contributed by atoms with van der Waals surface area (Å²) >= 11 is 0. The first-order valence-corrected chi connectivity index (χ1v) is 5.90. The fourth-order valence-electron chi connectivity index (χ4n) is 1.54. The van der Waals surface area contributed by atoms with Gasteiger partial charge in [-0.15, -0.1) is 0 Å². The van der Waals surface area contributed by atoms with E-state index in [2.05, 4.69) is 25.6 Å². The van der Waals surface area contributed by atoms with Gasteiger partial charge in [-0.05, 0) is 17.7 Å². The van der Waals surface area contributed by atoms with Gasteiger partial charge in [-0.1, -0.05) is 12.1 Å². The summed E-state index contributed by atoms with van der Waals surface area (Å²) in [6.07, 6.45) is 2.62. The van der Waals surface area contributed by atoms with Crippen LogP contribution < -0.4 is 10.6 Å². The summed E-state index contributed by atoms with van der Waals surface area (Å²) in [5, 5.41) is 11.6. The van der Waals surface area contributed by atoms with Crippen LogP contribution in [0.4, 0.5) is 10.5 Å². The molecule has 2 aromatic rings. The Morgan fingerprint density at radius 3 is 2.65 bits per heavy atom. The fourth-order valence-corrected chi connectivity index (χ4v) is 1.54. The van der Waals surface area contributed by atoms with Gasteiger partial charge < -0.3 is 15.4 Å². The Morgan fingerprint density at radius 1 is 1.30 bits per heavy atom. The molecule has 2 rings (SSSR count). The topological polar surface area (TPSA) is 96.1 Å². The number of carbonyl (C=O) groups is 2. The third kappa shape index (κ3) is 3.58. The second kappa shape index (κ2) is 6.37. The average Bonchev–Trinajstić information content (AvgIpc) is 2.98. The van der Waals surface area contributed by atoms with E-state index in [0.29, 0.717) is 17.8 Å². The molecule has 7 heteroatoms. The average molecular weight is 274 g/mol. The second-order valence-electron chi connectivity index (χ2n) is 3.98. The SMILES string of the molecule is COC(=O)NCc1ccc(C(=O)Nc2cn[nH]c2)cc1. The van der Waals surface area contributed by atoms with Crippen LogP contribution in [0.5, 0.6) is 0 Å². The van der Waals surface area contributed by atoms with Crippen molar-refractivity contribution in [3.8, 4) is 0 Å². The van der Waals surface area contributed by atoms with E-state index >= 15 is 0 Å². The van der Waals surface area contributed by atoms with Crippen LogP contribution in [0, 0.1) is 0 Å². The van der Waals surface area contributed by atoms with E-state index in [1.807, 2.05) is 0 Å². The molecule has 0 aliphatic carbocycles. The zero-order chi connectivity index (χ0) is 14.4. The van der Waals surface area contributed by atoms with E-state index in [-0.39, 0.29) is 5.91 Å². The number of aromatic nitrogens is 2. The number of alkyl carbamates (subject to hydrolysis) is 1. The monoisotopic (exact) mass is 274 g/mol. The molecule has 2 amide bonds. The lowest BCUT2D eigenvalue weighted by atomic mass is 10.1. The Balaban J connectivity index is 1.93. The van der Waals surface area contributed by atoms with E-state index in [0.717, 1.165) is 5.56 Å². The predicted octanol–water partition coefficient (Wildman–Crippen LogP) is 1.52. The molecular formula is C13H14N4O3. The quantitative estimate of drug-likeness (QED) is 0.787. The summed E-state index contributed by atoms with van der Waals surface area (Å²) in [5.74, 6) is -0.223. The molecule has 0 radical (unpaired) electrons. The fraction of sp³-hybridized carbons (Fsp3) is 0.154. The van der Waals surface area contributed by atoms with Gasteiger partial charge in [0, 0.05) is 18.3 Å². The minimum Gasteiger partial charge on any atom is -0.453 e. The van der Waals surface area contributed by atoms with Crippen molar-refractivity contribution in [3.05, 3.63) is 47.8 Å². The maximum Gasteiger partial charge on any atom is 0.407 e. The molecule has 0 fully saturated rings. The van der Waals surface area contributed by atoms with E-state index in [1.165, 1.54) is 13.3 Å². The number of amides is 2. The van der Waals surface area contributed by atoms with Gasteiger partial charge in [0.05, 0.1) is 19.0 Å². The van der Waals surface area contributed by atoms with Gasteiger partial charge in [0.1, 0.15) is 0 Å². The Morgan fingerprint density at radius 2 is 2.05 bits per heavy atom. The van der Waals surface area contributed by atoms with Crippen LogP contribution in [0.2, 0.25) is 0 Å². The van der Waals surface area contributed by atoms with E-state index in [9.17, 15) is 9.59 Å². The van der Waals surface area contributed by atoms with Gasteiger partial charge in [0.15, 0.2) is 0 Å². The number of hydrogen-bond donors (Lipinski definition) is 3. The zero-order valence-corrected chi connectivity index (χ0v) is 10.8. The highest BCUT2D eigenvalue weighted by Crippen LogP contribution is 2.08. The van der Waals surface area contributed by atoms with Gasteiger partial charge in [-0.25, -0.2) is 4.79 Å². The van der Waals surface area contributed by atoms with E-state index in [4.69, 9.17) is 0 Å². The van der Waals surface area contributed by atoms with Crippen molar-refractivity contribution in [3.63, 3.8) is 0 Å². The maximum absolute atomic E-state index is 11.9. The Bertz CT molecular complexity index is 578. The molecule has 0 aliphatic heterocycles. The van der Waals surface area contributed by atoms with Crippen LogP contribution in [0.3, 0.4) is 0 Å². The van der Waals surface area contributed by atoms with Crippen LogP contribution in [-0.4, -0.2) is 29.3 Å². The minimum atomic E-state index is -0.494. The Kier molecular flexibility index (Phi) is 4.33. The minimum absolute atomic E-state index is 0.223. The number of anilines is 1. The number of methoxy groups -OCH3 is 1. The number of carbonyl (C=O) groups excluding carboxylic acids is 2. The number of benzene rings is 1. The third-order valence-corrected chi connectivity index (χ3v) is 2.59. The molecule has 3 N–H and O–H groups in total. The normalized spacial score (nSPS) is 9.85. The molecular weight excluding hydrogens is 260 g/mol. The molecule has 0 spiro atoms. The highest BCUT2D eigenvalue weighted by molar-refractivity contribution is 6.04. The molecule has 20 heavy (non-hydrogen) atoms. The molecule has 0 unspecified atom stereocenters. The molecule has 1 heterocycles. The van der Waals surface area contributed by atoms with Crippen molar-refractivity contribution in [1.29, 1.82) is 0 Å². The van der Waals surface area contributed by atoms with Gasteiger partial charge in [0.2, 0.25) is 0 Å². The van der Waals surface area contributed by atoms with Crippen molar-refractivity contribution in [1.82, 2.24) is 15.5 Å². The van der Waals surface area contributed by atoms with Crippen LogP contribution in [-0.2, 0) is 11.3 Å². The van der Waals surface area contributed by atoms with Gasteiger partial charge in [-0.3, -0.25) is 9.89 Å². The highest BCUT2D eigenvalue weighted by Gasteiger charge is 2.06. The Hall–Kier alpha value is -2.83. The number of nitrogens with zero attached hydrogens (tertiary/aromatic N) is 1. The lowest BCUT2D eigenvalue weighted by Crippen LogP contribution is -2.22. The van der Waals surface area contributed by atoms with Crippen LogP contribution in [0.1, 0.15) is 15.9 Å². The predicted molar refractivity (Wildman–Crippen MR) is 72.2 cm³/mol. The maximum atomic E-state index is 11.9. The van der Waals surface area contributed by atoms with Crippen molar-refractivity contribution < 1.29 is 14.3 Å². The summed E-state index contributed by atoms with van der Waals surface area (Å²) < 4.78 is 4.47. The molecule has 1 aromatic heterocycles. The molecule has 0 saturated carbocycles. The summed E-state index contributed by atoms with van der Waals surface area (Å²) in [6, 6.07) is 6.90. The summed E-state index contributed by atoms with van der Waals surface area (Å²) in [4.78, 5) is 22.8. The number of nitrogens with one attached hydrogen (secondary N) is 3. The zero-order valence-electron chi connectivity index (χ0n) is 10.8. The first-order chi connectivity index (χ1) is 9.69. The molecule has 0 bridgehead atoms. The van der Waals surface area contributed by atoms with E-state index < -0.39 is 6.09 Å². The third-order valence-electron chi connectivity index (χ3n) is 2.59. The smallest absolute Gasteiger partial charge is 0.407 e. The molecule has 104 valence electrons. The van der Waals surface area contributed by atoms with Gasteiger partial charge >= 0.3 is 6.09 Å². The lowest BCUT2D eigenvalue weighted by molar-refractivity contribution is 0.102. The first-order valence-electron chi connectivity index (χ1n) is 5.90. The molecule has 1 aromatic carbocycles. The first kappa shape index (κ1) is 13.6. The summed E-state index contributed by atoms with van der Waals surface area (Å²) in [7, 11) is 1.30. The molecule has 0 aliphatic rings. The largest absolute Gasteiger partial charge is 0.453 e.